The third-order valence-electron chi connectivity index (χ3n) is 3.66. The van der Waals surface area contributed by atoms with Gasteiger partial charge in [-0.05, 0) is 18.1 Å². The van der Waals surface area contributed by atoms with Crippen LogP contribution in [0, 0.1) is 0 Å². The fraction of sp³-hybridized carbons (Fsp3) is 0.267. The fourth-order valence-corrected chi connectivity index (χ4v) is 2.71. The van der Waals surface area contributed by atoms with E-state index in [2.05, 4.69) is 10.3 Å². The number of amides is 1. The number of aromatic nitrogens is 1. The van der Waals surface area contributed by atoms with Crippen molar-refractivity contribution in [3.8, 4) is 0 Å². The molecule has 2 heterocycles. The van der Waals surface area contributed by atoms with Gasteiger partial charge in [-0.2, -0.15) is 4.73 Å². The van der Waals surface area contributed by atoms with Crippen LogP contribution in [-0.2, 0) is 11.2 Å². The van der Waals surface area contributed by atoms with Crippen LogP contribution < -0.4 is 10.2 Å². The number of aliphatic carboxylic acids is 1. The highest BCUT2D eigenvalue weighted by Crippen LogP contribution is 2.32. The van der Waals surface area contributed by atoms with Gasteiger partial charge in [0.05, 0.1) is 11.2 Å². The summed E-state index contributed by atoms with van der Waals surface area (Å²) in [6.45, 7) is 0.505. The highest BCUT2D eigenvalue weighted by atomic mass is 16.7. The lowest BCUT2D eigenvalue weighted by Crippen LogP contribution is -2.31. The maximum Gasteiger partial charge on any atom is 0.431 e. The number of carboxylic acids is 1. The maximum absolute atomic E-state index is 11.6. The zero-order valence-corrected chi connectivity index (χ0v) is 11.9. The van der Waals surface area contributed by atoms with Gasteiger partial charge in [0.15, 0.2) is 0 Å². The number of para-hydroxylation sites is 1. The highest BCUT2D eigenvalue weighted by Gasteiger charge is 2.31. The number of aliphatic imine (C=N–C) groups is 1. The summed E-state index contributed by atoms with van der Waals surface area (Å²) in [4.78, 5) is 32.7. The molecule has 3 rings (SSSR count). The first-order valence-corrected chi connectivity index (χ1v) is 6.88. The van der Waals surface area contributed by atoms with Crippen molar-refractivity contribution in [2.75, 3.05) is 13.6 Å². The molecule has 0 spiro atoms. The van der Waals surface area contributed by atoms with E-state index in [4.69, 9.17) is 4.84 Å². The molecule has 1 atom stereocenters. The van der Waals surface area contributed by atoms with Crippen molar-refractivity contribution in [2.45, 2.75) is 12.3 Å². The molecule has 1 aromatic carbocycles. The van der Waals surface area contributed by atoms with Crippen molar-refractivity contribution >= 4 is 29.2 Å². The number of rotatable bonds is 2. The molecule has 2 aromatic rings. The van der Waals surface area contributed by atoms with E-state index in [1.54, 1.807) is 6.07 Å². The van der Waals surface area contributed by atoms with Gasteiger partial charge in [0.2, 0.25) is 0 Å². The number of benzene rings is 1. The molecule has 1 amide bonds. The Bertz CT molecular complexity index is 778. The summed E-state index contributed by atoms with van der Waals surface area (Å²) in [5.41, 5.74) is 1.96. The fourth-order valence-electron chi connectivity index (χ4n) is 2.71. The Hall–Kier alpha value is -2.83. The lowest BCUT2D eigenvalue weighted by molar-refractivity contribution is -0.137. The Balaban J connectivity index is 2.29. The first-order chi connectivity index (χ1) is 10.6. The second kappa shape index (κ2) is 5.51. The van der Waals surface area contributed by atoms with E-state index in [-0.39, 0.29) is 0 Å². The predicted molar refractivity (Wildman–Crippen MR) is 80.4 cm³/mol. The van der Waals surface area contributed by atoms with Crippen LogP contribution in [0.15, 0.2) is 29.3 Å². The Morgan fingerprint density at radius 2 is 2.18 bits per heavy atom. The van der Waals surface area contributed by atoms with E-state index in [9.17, 15) is 14.7 Å². The summed E-state index contributed by atoms with van der Waals surface area (Å²) in [5, 5.41) is 12.7. The molecule has 0 bridgehead atoms. The van der Waals surface area contributed by atoms with Crippen LogP contribution in [0.2, 0.25) is 0 Å². The van der Waals surface area contributed by atoms with Crippen LogP contribution in [0.4, 0.5) is 4.79 Å². The van der Waals surface area contributed by atoms with E-state index in [0.717, 1.165) is 10.9 Å². The highest BCUT2D eigenvalue weighted by molar-refractivity contribution is 5.98. The second-order valence-electron chi connectivity index (χ2n) is 4.93. The number of carbonyl (C=O) groups is 2. The monoisotopic (exact) mass is 301 g/mol. The van der Waals surface area contributed by atoms with Crippen molar-refractivity contribution in [1.82, 2.24) is 10.0 Å². The van der Waals surface area contributed by atoms with Gasteiger partial charge in [0.1, 0.15) is 5.92 Å². The molecule has 7 heteroatoms. The van der Waals surface area contributed by atoms with Crippen molar-refractivity contribution in [1.29, 1.82) is 0 Å². The maximum atomic E-state index is 11.6. The van der Waals surface area contributed by atoms with Gasteiger partial charge in [-0.25, -0.2) is 4.79 Å². The molecule has 22 heavy (non-hydrogen) atoms. The Kier molecular flexibility index (Phi) is 3.54. The van der Waals surface area contributed by atoms with Crippen LogP contribution in [0.5, 0.6) is 0 Å². The SMILES string of the molecule is CNC(=O)On1c2c(c3ccccc31)CCN=CC2C(=O)O. The summed E-state index contributed by atoms with van der Waals surface area (Å²) in [6.07, 6.45) is 1.34. The molecule has 0 saturated heterocycles. The lowest BCUT2D eigenvalue weighted by atomic mass is 10.0. The standard InChI is InChI=1S/C15H15N3O4/c1-16-15(21)22-18-12-5-3-2-4-9(12)10-6-7-17-8-11(13(10)18)14(19)20/h2-5,8,11H,6-7H2,1H3,(H,16,21)(H,19,20). The topological polar surface area (TPSA) is 92.9 Å². The van der Waals surface area contributed by atoms with E-state index < -0.39 is 18.0 Å². The van der Waals surface area contributed by atoms with Gasteiger partial charge in [-0.1, -0.05) is 18.2 Å². The molecule has 0 aliphatic carbocycles. The van der Waals surface area contributed by atoms with E-state index in [1.807, 2.05) is 18.2 Å². The average Bonchev–Trinajstić information content (AvgIpc) is 2.69. The van der Waals surface area contributed by atoms with Crippen LogP contribution in [0.25, 0.3) is 10.9 Å². The third-order valence-corrected chi connectivity index (χ3v) is 3.66. The minimum absolute atomic E-state index is 0.443. The molecule has 1 aliphatic rings. The summed E-state index contributed by atoms with van der Waals surface area (Å²) in [6, 6.07) is 7.37. The molecule has 7 nitrogen and oxygen atoms in total. The van der Waals surface area contributed by atoms with Gasteiger partial charge in [-0.15, -0.1) is 0 Å². The lowest BCUT2D eigenvalue weighted by Gasteiger charge is -2.13. The summed E-state index contributed by atoms with van der Waals surface area (Å²) in [5.74, 6) is -1.98. The minimum Gasteiger partial charge on any atom is -0.480 e. The zero-order valence-electron chi connectivity index (χ0n) is 11.9. The smallest absolute Gasteiger partial charge is 0.431 e. The molecule has 1 aliphatic heterocycles. The van der Waals surface area contributed by atoms with Crippen molar-refractivity contribution in [2.24, 2.45) is 4.99 Å². The number of hydrogen-bond donors (Lipinski definition) is 2. The van der Waals surface area contributed by atoms with E-state index in [1.165, 1.54) is 18.0 Å². The summed E-state index contributed by atoms with van der Waals surface area (Å²) < 4.78 is 1.31. The van der Waals surface area contributed by atoms with Crippen LogP contribution in [-0.4, -0.2) is 41.7 Å². The van der Waals surface area contributed by atoms with Gasteiger partial charge < -0.3 is 15.3 Å². The average molecular weight is 301 g/mol. The van der Waals surface area contributed by atoms with Crippen LogP contribution in [0.1, 0.15) is 17.2 Å². The van der Waals surface area contributed by atoms with Gasteiger partial charge in [0, 0.05) is 25.2 Å². The van der Waals surface area contributed by atoms with Crippen LogP contribution >= 0.6 is 0 Å². The molecule has 0 radical (unpaired) electrons. The van der Waals surface area contributed by atoms with E-state index >= 15 is 0 Å². The van der Waals surface area contributed by atoms with E-state index in [0.29, 0.717) is 24.2 Å². The largest absolute Gasteiger partial charge is 0.480 e. The molecule has 114 valence electrons. The van der Waals surface area contributed by atoms with Crippen LogP contribution in [0.3, 0.4) is 0 Å². The first-order valence-electron chi connectivity index (χ1n) is 6.88. The van der Waals surface area contributed by atoms with Crippen molar-refractivity contribution in [3.05, 3.63) is 35.5 Å². The second-order valence-corrected chi connectivity index (χ2v) is 4.93. The molecular weight excluding hydrogens is 286 g/mol. The molecule has 0 fully saturated rings. The quantitative estimate of drug-likeness (QED) is 0.871. The van der Waals surface area contributed by atoms with Crippen molar-refractivity contribution < 1.29 is 19.5 Å². The number of carboxylic acid groups (broad SMARTS) is 1. The number of nitrogens with one attached hydrogen (secondary N) is 1. The van der Waals surface area contributed by atoms with Gasteiger partial charge in [-0.3, -0.25) is 9.79 Å². The number of nitrogens with zero attached hydrogens (tertiary/aromatic N) is 2. The number of hydrogen-bond acceptors (Lipinski definition) is 4. The molecule has 1 unspecified atom stereocenters. The first kappa shape index (κ1) is 14.1. The number of fused-ring (bicyclic) bond motifs is 3. The Labute approximate surface area is 126 Å². The zero-order chi connectivity index (χ0) is 15.7. The predicted octanol–water partition coefficient (Wildman–Crippen LogP) is 1.20. The Morgan fingerprint density at radius 1 is 1.41 bits per heavy atom. The molecule has 0 saturated carbocycles. The van der Waals surface area contributed by atoms with Gasteiger partial charge >= 0.3 is 12.1 Å². The van der Waals surface area contributed by atoms with Crippen molar-refractivity contribution in [3.63, 3.8) is 0 Å². The summed E-state index contributed by atoms with van der Waals surface area (Å²) >= 11 is 0. The molecular formula is C15H15N3O4. The van der Waals surface area contributed by atoms with Gasteiger partial charge in [0.25, 0.3) is 0 Å². The number of carbonyl (C=O) groups excluding carboxylic acids is 1. The molecule has 1 aromatic heterocycles. The normalized spacial score (nSPS) is 16.9. The third kappa shape index (κ3) is 2.20. The Morgan fingerprint density at radius 3 is 2.91 bits per heavy atom. The molecule has 2 N–H and O–H groups in total. The minimum atomic E-state index is -1.03. The summed E-state index contributed by atoms with van der Waals surface area (Å²) in [7, 11) is 1.45.